The van der Waals surface area contributed by atoms with Crippen LogP contribution in [0, 0.1) is 0 Å². The largest absolute Gasteiger partial charge is 0.354 e. The molecule has 2 N–H and O–H groups in total. The fourth-order valence-corrected chi connectivity index (χ4v) is 2.04. The summed E-state index contributed by atoms with van der Waals surface area (Å²) < 4.78 is 0. The molecule has 2 heterocycles. The van der Waals surface area contributed by atoms with Gasteiger partial charge in [0.1, 0.15) is 5.69 Å². The summed E-state index contributed by atoms with van der Waals surface area (Å²) in [5.41, 5.74) is 1.53. The van der Waals surface area contributed by atoms with Gasteiger partial charge in [0.05, 0.1) is 0 Å². The molecule has 2 rings (SSSR count). The second kappa shape index (κ2) is 5.07. The van der Waals surface area contributed by atoms with Gasteiger partial charge in [-0.1, -0.05) is 6.07 Å². The predicted octanol–water partition coefficient (Wildman–Crippen LogP) is 0.908. The van der Waals surface area contributed by atoms with Gasteiger partial charge in [-0.2, -0.15) is 0 Å². The normalized spacial score (nSPS) is 20.4. The predicted molar refractivity (Wildman–Crippen MR) is 62.5 cm³/mol. The molecule has 1 aromatic heterocycles. The van der Waals surface area contributed by atoms with Gasteiger partial charge in [0.25, 0.3) is 5.91 Å². The Morgan fingerprint density at radius 3 is 3.12 bits per heavy atom. The van der Waals surface area contributed by atoms with Crippen LogP contribution < -0.4 is 10.6 Å². The van der Waals surface area contributed by atoms with Crippen molar-refractivity contribution in [2.75, 3.05) is 20.1 Å². The molecular weight excluding hydrogens is 202 g/mol. The van der Waals surface area contributed by atoms with Crippen molar-refractivity contribution < 1.29 is 4.79 Å². The molecule has 1 fully saturated rings. The first-order chi connectivity index (χ1) is 7.81. The SMILES string of the molecule is CNC(=O)c1cccc([C@H]2CCCNC2)n1. The molecule has 0 bridgehead atoms. The van der Waals surface area contributed by atoms with Crippen molar-refractivity contribution in [2.24, 2.45) is 0 Å². The number of pyridine rings is 1. The number of amides is 1. The van der Waals surface area contributed by atoms with Crippen LogP contribution in [0.5, 0.6) is 0 Å². The third kappa shape index (κ3) is 2.39. The molecule has 86 valence electrons. The van der Waals surface area contributed by atoms with E-state index in [2.05, 4.69) is 15.6 Å². The van der Waals surface area contributed by atoms with Crippen LogP contribution in [0.15, 0.2) is 18.2 Å². The molecule has 0 spiro atoms. The number of carbonyl (C=O) groups is 1. The molecule has 0 aromatic carbocycles. The highest BCUT2D eigenvalue weighted by Crippen LogP contribution is 2.21. The van der Waals surface area contributed by atoms with E-state index in [1.807, 2.05) is 12.1 Å². The van der Waals surface area contributed by atoms with Gasteiger partial charge < -0.3 is 10.6 Å². The third-order valence-corrected chi connectivity index (χ3v) is 2.95. The summed E-state index contributed by atoms with van der Waals surface area (Å²) in [6.45, 7) is 2.05. The van der Waals surface area contributed by atoms with E-state index in [4.69, 9.17) is 0 Å². The van der Waals surface area contributed by atoms with E-state index >= 15 is 0 Å². The average molecular weight is 219 g/mol. The standard InChI is InChI=1S/C12H17N3O/c1-13-12(16)11-6-2-5-10(15-11)9-4-3-7-14-8-9/h2,5-6,9,14H,3-4,7-8H2,1H3,(H,13,16)/t9-/m0/s1. The van der Waals surface area contributed by atoms with Gasteiger partial charge in [-0.3, -0.25) is 4.79 Å². The van der Waals surface area contributed by atoms with Gasteiger partial charge >= 0.3 is 0 Å². The highest BCUT2D eigenvalue weighted by atomic mass is 16.1. The number of hydrogen-bond donors (Lipinski definition) is 2. The molecule has 16 heavy (non-hydrogen) atoms. The van der Waals surface area contributed by atoms with E-state index in [-0.39, 0.29) is 5.91 Å². The number of carbonyl (C=O) groups excluding carboxylic acids is 1. The number of nitrogens with zero attached hydrogens (tertiary/aromatic N) is 1. The molecule has 1 atom stereocenters. The molecular formula is C12H17N3O. The van der Waals surface area contributed by atoms with Gasteiger partial charge in [-0.25, -0.2) is 4.98 Å². The Morgan fingerprint density at radius 2 is 2.44 bits per heavy atom. The first-order valence-electron chi connectivity index (χ1n) is 5.71. The lowest BCUT2D eigenvalue weighted by Crippen LogP contribution is -2.29. The maximum absolute atomic E-state index is 11.5. The number of aromatic nitrogens is 1. The molecule has 1 aliphatic rings. The van der Waals surface area contributed by atoms with Crippen molar-refractivity contribution in [1.82, 2.24) is 15.6 Å². The van der Waals surface area contributed by atoms with Crippen LogP contribution in [0.3, 0.4) is 0 Å². The summed E-state index contributed by atoms with van der Waals surface area (Å²) in [7, 11) is 1.62. The van der Waals surface area contributed by atoms with Crippen LogP contribution in [0.4, 0.5) is 0 Å². The van der Waals surface area contributed by atoms with E-state index in [1.165, 1.54) is 6.42 Å². The second-order valence-corrected chi connectivity index (χ2v) is 4.07. The van der Waals surface area contributed by atoms with Crippen LogP contribution in [0.25, 0.3) is 0 Å². The first kappa shape index (κ1) is 11.1. The van der Waals surface area contributed by atoms with E-state index in [1.54, 1.807) is 13.1 Å². The van der Waals surface area contributed by atoms with E-state index in [0.717, 1.165) is 25.2 Å². The Kier molecular flexibility index (Phi) is 3.51. The second-order valence-electron chi connectivity index (χ2n) is 4.07. The minimum Gasteiger partial charge on any atom is -0.354 e. The Labute approximate surface area is 95.5 Å². The van der Waals surface area contributed by atoms with Crippen molar-refractivity contribution in [3.63, 3.8) is 0 Å². The molecule has 1 amide bonds. The van der Waals surface area contributed by atoms with Gasteiger partial charge in [-0.05, 0) is 31.5 Å². The maximum Gasteiger partial charge on any atom is 0.269 e. The molecule has 1 aliphatic heterocycles. The Balaban J connectivity index is 2.17. The summed E-state index contributed by atoms with van der Waals surface area (Å²) in [6, 6.07) is 5.66. The molecule has 0 unspecified atom stereocenters. The summed E-state index contributed by atoms with van der Waals surface area (Å²) in [5.74, 6) is 0.323. The van der Waals surface area contributed by atoms with Crippen molar-refractivity contribution in [2.45, 2.75) is 18.8 Å². The summed E-state index contributed by atoms with van der Waals surface area (Å²) in [5, 5.41) is 5.95. The van der Waals surface area contributed by atoms with Crippen LogP contribution in [0.2, 0.25) is 0 Å². The van der Waals surface area contributed by atoms with Crippen LogP contribution in [-0.4, -0.2) is 31.0 Å². The van der Waals surface area contributed by atoms with E-state index in [0.29, 0.717) is 11.6 Å². The monoisotopic (exact) mass is 219 g/mol. The smallest absolute Gasteiger partial charge is 0.269 e. The lowest BCUT2D eigenvalue weighted by molar-refractivity contribution is 0.0958. The van der Waals surface area contributed by atoms with Crippen molar-refractivity contribution in [3.05, 3.63) is 29.6 Å². The molecule has 0 aliphatic carbocycles. The number of nitrogens with one attached hydrogen (secondary N) is 2. The Morgan fingerprint density at radius 1 is 1.56 bits per heavy atom. The van der Waals surface area contributed by atoms with E-state index in [9.17, 15) is 4.79 Å². The minimum atomic E-state index is -0.120. The average Bonchev–Trinajstić information content (AvgIpc) is 2.39. The highest BCUT2D eigenvalue weighted by molar-refractivity contribution is 5.91. The number of hydrogen-bond acceptors (Lipinski definition) is 3. The summed E-state index contributed by atoms with van der Waals surface area (Å²) >= 11 is 0. The zero-order valence-electron chi connectivity index (χ0n) is 9.49. The number of piperidine rings is 1. The quantitative estimate of drug-likeness (QED) is 0.777. The fraction of sp³-hybridized carbons (Fsp3) is 0.500. The summed E-state index contributed by atoms with van der Waals surface area (Å²) in [6.07, 6.45) is 2.33. The fourth-order valence-electron chi connectivity index (χ4n) is 2.04. The Bertz CT molecular complexity index is 372. The van der Waals surface area contributed by atoms with Crippen LogP contribution >= 0.6 is 0 Å². The molecule has 4 heteroatoms. The maximum atomic E-state index is 11.5. The topological polar surface area (TPSA) is 54.0 Å². The van der Waals surface area contributed by atoms with E-state index < -0.39 is 0 Å². The summed E-state index contributed by atoms with van der Waals surface area (Å²) in [4.78, 5) is 15.9. The molecule has 1 saturated heterocycles. The molecule has 0 saturated carbocycles. The zero-order valence-corrected chi connectivity index (χ0v) is 9.49. The zero-order chi connectivity index (χ0) is 11.4. The third-order valence-electron chi connectivity index (χ3n) is 2.95. The van der Waals surface area contributed by atoms with Gasteiger partial charge in [0, 0.05) is 25.2 Å². The molecule has 4 nitrogen and oxygen atoms in total. The van der Waals surface area contributed by atoms with Gasteiger partial charge in [0.2, 0.25) is 0 Å². The van der Waals surface area contributed by atoms with Crippen molar-refractivity contribution in [1.29, 1.82) is 0 Å². The number of rotatable bonds is 2. The minimum absolute atomic E-state index is 0.120. The lowest BCUT2D eigenvalue weighted by atomic mass is 9.95. The van der Waals surface area contributed by atoms with Crippen LogP contribution in [0.1, 0.15) is 34.9 Å². The van der Waals surface area contributed by atoms with Gasteiger partial charge in [-0.15, -0.1) is 0 Å². The highest BCUT2D eigenvalue weighted by Gasteiger charge is 2.17. The Hall–Kier alpha value is -1.42. The van der Waals surface area contributed by atoms with Crippen molar-refractivity contribution in [3.8, 4) is 0 Å². The first-order valence-corrected chi connectivity index (χ1v) is 5.71. The molecule has 0 radical (unpaired) electrons. The van der Waals surface area contributed by atoms with Crippen LogP contribution in [-0.2, 0) is 0 Å². The van der Waals surface area contributed by atoms with Crippen molar-refractivity contribution >= 4 is 5.91 Å². The lowest BCUT2D eigenvalue weighted by Gasteiger charge is -2.22. The van der Waals surface area contributed by atoms with Gasteiger partial charge in [0.15, 0.2) is 0 Å². The molecule has 1 aromatic rings.